The van der Waals surface area contributed by atoms with Gasteiger partial charge in [0.2, 0.25) is 10.0 Å². The molecule has 1 fully saturated rings. The highest BCUT2D eigenvalue weighted by Crippen LogP contribution is 2.24. The zero-order valence-electron chi connectivity index (χ0n) is 19.4. The van der Waals surface area contributed by atoms with Crippen LogP contribution < -0.4 is 4.80 Å². The van der Waals surface area contributed by atoms with Crippen LogP contribution in [0.2, 0.25) is 5.02 Å². The lowest BCUT2D eigenvalue weighted by Crippen LogP contribution is -2.37. The maximum atomic E-state index is 13.0. The Morgan fingerprint density at radius 2 is 1.83 bits per heavy atom. The molecule has 0 atom stereocenters. The Morgan fingerprint density at radius 3 is 2.49 bits per heavy atom. The van der Waals surface area contributed by atoms with Crippen LogP contribution >= 0.6 is 22.9 Å². The summed E-state index contributed by atoms with van der Waals surface area (Å²) < 4.78 is 34.9. The van der Waals surface area contributed by atoms with Gasteiger partial charge in [-0.3, -0.25) is 9.59 Å². The van der Waals surface area contributed by atoms with Crippen LogP contribution in [0.3, 0.4) is 0 Å². The number of fused-ring (bicyclic) bond motifs is 1. The van der Waals surface area contributed by atoms with Gasteiger partial charge in [0.1, 0.15) is 6.54 Å². The van der Waals surface area contributed by atoms with Crippen molar-refractivity contribution in [1.82, 2.24) is 8.87 Å². The fourth-order valence-electron chi connectivity index (χ4n) is 3.92. The van der Waals surface area contributed by atoms with Gasteiger partial charge in [0.05, 0.1) is 21.7 Å². The number of carbonyl (C=O) groups excluding carboxylic acids is 2. The second kappa shape index (κ2) is 10.6. The molecule has 1 amide bonds. The molecule has 0 aliphatic carbocycles. The third-order valence-corrected chi connectivity index (χ3v) is 9.11. The van der Waals surface area contributed by atoms with Crippen LogP contribution in [0.1, 0.15) is 37.0 Å². The highest BCUT2D eigenvalue weighted by molar-refractivity contribution is 7.89. The lowest BCUT2D eigenvalue weighted by Gasteiger charge is -2.29. The van der Waals surface area contributed by atoms with Crippen molar-refractivity contribution in [3.8, 4) is 0 Å². The van der Waals surface area contributed by atoms with Gasteiger partial charge in [-0.05, 0) is 68.1 Å². The van der Waals surface area contributed by atoms with Gasteiger partial charge >= 0.3 is 5.97 Å². The molecule has 4 rings (SSSR count). The van der Waals surface area contributed by atoms with Crippen molar-refractivity contribution in [1.29, 1.82) is 0 Å². The first-order valence-corrected chi connectivity index (χ1v) is 14.0. The third-order valence-electron chi connectivity index (χ3n) is 5.92. The second-order valence-electron chi connectivity index (χ2n) is 8.42. The summed E-state index contributed by atoms with van der Waals surface area (Å²) in [5.41, 5.74) is 0.950. The molecule has 0 N–H and O–H groups in total. The summed E-state index contributed by atoms with van der Waals surface area (Å²) in [6, 6.07) is 11.0. The van der Waals surface area contributed by atoms with E-state index < -0.39 is 21.9 Å². The Bertz CT molecular complexity index is 1420. The number of rotatable bonds is 6. The van der Waals surface area contributed by atoms with Gasteiger partial charge in [0.25, 0.3) is 5.91 Å². The smallest absolute Gasteiger partial charge is 0.326 e. The van der Waals surface area contributed by atoms with Gasteiger partial charge in [-0.25, -0.2) is 8.42 Å². The average molecular weight is 536 g/mol. The van der Waals surface area contributed by atoms with Crippen LogP contribution in [0.4, 0.5) is 0 Å². The van der Waals surface area contributed by atoms with Crippen molar-refractivity contribution in [2.24, 2.45) is 10.9 Å². The minimum atomic E-state index is -3.61. The number of piperidine rings is 1. The Morgan fingerprint density at radius 1 is 1.14 bits per heavy atom. The second-order valence-corrected chi connectivity index (χ2v) is 11.8. The zero-order chi connectivity index (χ0) is 25.2. The Hall–Kier alpha value is -2.53. The molecule has 35 heavy (non-hydrogen) atoms. The average Bonchev–Trinajstić information content (AvgIpc) is 3.15. The van der Waals surface area contributed by atoms with E-state index in [1.165, 1.54) is 39.9 Å². The van der Waals surface area contributed by atoms with Gasteiger partial charge < -0.3 is 9.30 Å². The van der Waals surface area contributed by atoms with Crippen molar-refractivity contribution < 1.29 is 22.7 Å². The Labute approximate surface area is 212 Å². The third kappa shape index (κ3) is 5.66. The molecular formula is C24H26ClN3O5S2. The summed E-state index contributed by atoms with van der Waals surface area (Å²) in [5, 5.41) is 0.528. The van der Waals surface area contributed by atoms with Gasteiger partial charge in [0, 0.05) is 23.7 Å². The number of esters is 1. The molecule has 2 heterocycles. The van der Waals surface area contributed by atoms with E-state index in [1.54, 1.807) is 29.7 Å². The van der Waals surface area contributed by atoms with E-state index in [4.69, 9.17) is 16.3 Å². The number of nitrogens with zero attached hydrogens (tertiary/aromatic N) is 3. The zero-order valence-corrected chi connectivity index (χ0v) is 21.8. The fraction of sp³-hybridized carbons (Fsp3) is 0.375. The van der Waals surface area contributed by atoms with E-state index >= 15 is 0 Å². The molecule has 11 heteroatoms. The molecule has 2 aromatic carbocycles. The molecular weight excluding hydrogens is 510 g/mol. The minimum absolute atomic E-state index is 0.104. The van der Waals surface area contributed by atoms with E-state index in [9.17, 15) is 18.0 Å². The number of halogens is 1. The van der Waals surface area contributed by atoms with Gasteiger partial charge in [-0.15, -0.1) is 0 Å². The van der Waals surface area contributed by atoms with E-state index in [1.807, 2.05) is 0 Å². The number of hydrogen-bond donors (Lipinski definition) is 0. The maximum Gasteiger partial charge on any atom is 0.326 e. The monoisotopic (exact) mass is 535 g/mol. The quantitative estimate of drug-likeness (QED) is 0.443. The largest absolute Gasteiger partial charge is 0.465 e. The lowest BCUT2D eigenvalue weighted by molar-refractivity contribution is -0.143. The van der Waals surface area contributed by atoms with Crippen molar-refractivity contribution in [3.63, 3.8) is 0 Å². The number of hydrogen-bond acceptors (Lipinski definition) is 6. The van der Waals surface area contributed by atoms with Crippen LogP contribution in [0.5, 0.6) is 0 Å². The van der Waals surface area contributed by atoms with Gasteiger partial charge in [0.15, 0.2) is 4.80 Å². The first-order valence-electron chi connectivity index (χ1n) is 11.3. The first-order chi connectivity index (χ1) is 16.7. The van der Waals surface area contributed by atoms with Crippen molar-refractivity contribution in [3.05, 3.63) is 57.9 Å². The number of thiazole rings is 1. The van der Waals surface area contributed by atoms with Crippen LogP contribution in [-0.4, -0.2) is 48.9 Å². The van der Waals surface area contributed by atoms with Gasteiger partial charge in [-0.1, -0.05) is 29.9 Å². The van der Waals surface area contributed by atoms with E-state index in [-0.39, 0.29) is 23.6 Å². The van der Waals surface area contributed by atoms with Crippen molar-refractivity contribution >= 4 is 55.1 Å². The molecule has 1 aromatic heterocycles. The summed E-state index contributed by atoms with van der Waals surface area (Å²) in [4.78, 5) is 29.8. The number of ether oxygens (including phenoxy) is 1. The summed E-state index contributed by atoms with van der Waals surface area (Å²) in [6.07, 6.45) is 1.67. The van der Waals surface area contributed by atoms with Gasteiger partial charge in [-0.2, -0.15) is 9.30 Å². The molecule has 186 valence electrons. The van der Waals surface area contributed by atoms with Crippen molar-refractivity contribution in [2.75, 3.05) is 19.7 Å². The normalized spacial score (nSPS) is 16.0. The molecule has 0 radical (unpaired) electrons. The summed E-state index contributed by atoms with van der Waals surface area (Å²) in [7, 11) is -3.61. The first kappa shape index (κ1) is 25.6. The standard InChI is InChI=1S/C24H26ClN3O5S2/c1-3-33-22(29)15-28-20-9-6-18(25)14-21(20)34-24(28)26-23(30)17-4-7-19(8-5-17)35(31,32)27-12-10-16(2)11-13-27/h4-9,14,16H,3,10-13,15H2,1-2H3. The molecule has 0 unspecified atom stereocenters. The molecule has 1 aliphatic rings. The van der Waals surface area contributed by atoms with Crippen LogP contribution in [0.15, 0.2) is 52.4 Å². The SMILES string of the molecule is CCOC(=O)Cn1c(=NC(=O)c2ccc(S(=O)(=O)N3CCC(C)CC3)cc2)sc2cc(Cl)ccc21. The van der Waals surface area contributed by atoms with E-state index in [0.29, 0.717) is 34.3 Å². The Balaban J connectivity index is 1.63. The molecule has 0 bridgehead atoms. The topological polar surface area (TPSA) is 98.0 Å². The van der Waals surface area contributed by atoms with E-state index in [0.717, 1.165) is 17.5 Å². The van der Waals surface area contributed by atoms with Crippen molar-refractivity contribution in [2.45, 2.75) is 38.1 Å². The number of aromatic nitrogens is 1. The molecule has 8 nitrogen and oxygen atoms in total. The number of carbonyl (C=O) groups is 2. The summed E-state index contributed by atoms with van der Waals surface area (Å²) >= 11 is 7.34. The number of amides is 1. The number of sulfonamides is 1. The molecule has 1 aliphatic heterocycles. The molecule has 1 saturated heterocycles. The van der Waals surface area contributed by atoms with Crippen LogP contribution in [-0.2, 0) is 26.1 Å². The van der Waals surface area contributed by atoms with Crippen LogP contribution in [0, 0.1) is 5.92 Å². The number of benzene rings is 2. The summed E-state index contributed by atoms with van der Waals surface area (Å²) in [6.45, 7) is 4.97. The Kier molecular flexibility index (Phi) is 7.75. The highest BCUT2D eigenvalue weighted by atomic mass is 35.5. The minimum Gasteiger partial charge on any atom is -0.465 e. The fourth-order valence-corrected chi connectivity index (χ4v) is 6.69. The molecule has 0 saturated carbocycles. The molecule has 3 aromatic rings. The lowest BCUT2D eigenvalue weighted by atomic mass is 10.0. The maximum absolute atomic E-state index is 13.0. The molecule has 0 spiro atoms. The van der Waals surface area contributed by atoms with E-state index in [2.05, 4.69) is 11.9 Å². The predicted molar refractivity (Wildman–Crippen MR) is 135 cm³/mol. The predicted octanol–water partition coefficient (Wildman–Crippen LogP) is 4.08. The highest BCUT2D eigenvalue weighted by Gasteiger charge is 2.28. The summed E-state index contributed by atoms with van der Waals surface area (Å²) in [5.74, 6) is -0.478. The van der Waals surface area contributed by atoms with Crippen LogP contribution in [0.25, 0.3) is 10.2 Å².